The van der Waals surface area contributed by atoms with E-state index in [0.29, 0.717) is 11.1 Å². The molecule has 17 heavy (non-hydrogen) atoms. The van der Waals surface area contributed by atoms with Crippen molar-refractivity contribution in [1.29, 1.82) is 0 Å². The number of pyridine rings is 1. The predicted molar refractivity (Wildman–Crippen MR) is 76.7 cm³/mol. The summed E-state index contributed by atoms with van der Waals surface area (Å²) in [6.07, 6.45) is 11.0. The molecule has 1 aromatic rings. The number of nitrogens with one attached hydrogen (secondary N) is 1. The smallest absolute Gasteiger partial charge is 0.140 e. The van der Waals surface area contributed by atoms with Gasteiger partial charge in [0, 0.05) is 12.2 Å². The fraction of sp³-hybridized carbons (Fsp3) is 0.615. The van der Waals surface area contributed by atoms with Gasteiger partial charge in [-0.3, -0.25) is 0 Å². The van der Waals surface area contributed by atoms with Gasteiger partial charge in [0.15, 0.2) is 0 Å². The third-order valence-corrected chi connectivity index (χ3v) is 4.07. The van der Waals surface area contributed by atoms with E-state index in [1.165, 1.54) is 44.9 Å². The number of hydrogen-bond acceptors (Lipinski definition) is 2. The molecule has 0 aliphatic heterocycles. The van der Waals surface area contributed by atoms with Crippen molar-refractivity contribution in [1.82, 2.24) is 4.98 Å². The number of hydrogen-bond donors (Lipinski definition) is 1. The van der Waals surface area contributed by atoms with Crippen molar-refractivity contribution in [3.8, 4) is 0 Å². The molecule has 0 spiro atoms. The van der Waals surface area contributed by atoms with Gasteiger partial charge in [-0.1, -0.05) is 43.7 Å². The maximum atomic E-state index is 5.89. The molecule has 1 aromatic heterocycles. The minimum absolute atomic E-state index is 0.556. The third kappa shape index (κ3) is 4.14. The Bertz CT molecular complexity index is 362. The van der Waals surface area contributed by atoms with Crippen LogP contribution in [0.2, 0.25) is 5.02 Å². The highest BCUT2D eigenvalue weighted by Gasteiger charge is 2.13. The Morgan fingerprint density at radius 3 is 2.47 bits per heavy atom. The van der Waals surface area contributed by atoms with Gasteiger partial charge < -0.3 is 5.32 Å². The highest BCUT2D eigenvalue weighted by Crippen LogP contribution is 2.26. The lowest BCUT2D eigenvalue weighted by atomic mass is 9.97. The molecule has 2 nitrogen and oxygen atoms in total. The van der Waals surface area contributed by atoms with Crippen LogP contribution >= 0.6 is 27.5 Å². The van der Waals surface area contributed by atoms with Gasteiger partial charge in [0.2, 0.25) is 0 Å². The zero-order chi connectivity index (χ0) is 12.1. The molecule has 0 atom stereocenters. The molecular weight excluding hydrogens is 300 g/mol. The molecule has 0 unspecified atom stereocenters. The molecule has 1 heterocycles. The first-order valence-electron chi connectivity index (χ1n) is 6.33. The zero-order valence-corrected chi connectivity index (χ0v) is 12.2. The summed E-state index contributed by atoms with van der Waals surface area (Å²) in [4.78, 5) is 4.34. The molecule has 1 fully saturated rings. The van der Waals surface area contributed by atoms with E-state index in [0.717, 1.165) is 10.3 Å². The van der Waals surface area contributed by atoms with Gasteiger partial charge in [0.1, 0.15) is 5.82 Å². The average molecular weight is 318 g/mol. The highest BCUT2D eigenvalue weighted by molar-refractivity contribution is 9.10. The summed E-state index contributed by atoms with van der Waals surface area (Å²) in [5, 5.41) is 4.19. The summed E-state index contributed by atoms with van der Waals surface area (Å²) in [6.45, 7) is 0. The largest absolute Gasteiger partial charge is 0.366 e. The van der Waals surface area contributed by atoms with Crippen LogP contribution in [-0.4, -0.2) is 11.0 Å². The van der Waals surface area contributed by atoms with Crippen molar-refractivity contribution in [3.05, 3.63) is 21.8 Å². The van der Waals surface area contributed by atoms with Crippen LogP contribution in [-0.2, 0) is 0 Å². The van der Waals surface area contributed by atoms with E-state index in [-0.39, 0.29) is 0 Å². The quantitative estimate of drug-likeness (QED) is 0.828. The van der Waals surface area contributed by atoms with Crippen molar-refractivity contribution in [2.75, 3.05) is 5.32 Å². The number of aromatic nitrogens is 1. The van der Waals surface area contributed by atoms with E-state index < -0.39 is 0 Å². The van der Waals surface area contributed by atoms with Crippen LogP contribution in [0.1, 0.15) is 44.9 Å². The molecule has 1 N–H and O–H groups in total. The van der Waals surface area contributed by atoms with E-state index in [1.54, 1.807) is 6.20 Å². The summed E-state index contributed by atoms with van der Waals surface area (Å²) in [6, 6.07) is 2.44. The third-order valence-electron chi connectivity index (χ3n) is 3.25. The molecular formula is C13H18BrClN2. The molecule has 1 aliphatic rings. The van der Waals surface area contributed by atoms with Crippen LogP contribution in [0.4, 0.5) is 5.82 Å². The monoisotopic (exact) mass is 316 g/mol. The number of rotatable bonds is 2. The van der Waals surface area contributed by atoms with Gasteiger partial charge >= 0.3 is 0 Å². The van der Waals surface area contributed by atoms with Crippen LogP contribution in [0.3, 0.4) is 0 Å². The second-order valence-corrected chi connectivity index (χ2v) is 5.96. The summed E-state index contributed by atoms with van der Waals surface area (Å²) in [5.41, 5.74) is 0. The van der Waals surface area contributed by atoms with Crippen molar-refractivity contribution in [2.24, 2.45) is 0 Å². The molecule has 1 aliphatic carbocycles. The van der Waals surface area contributed by atoms with E-state index >= 15 is 0 Å². The van der Waals surface area contributed by atoms with E-state index in [2.05, 4.69) is 26.2 Å². The van der Waals surface area contributed by atoms with Crippen molar-refractivity contribution in [2.45, 2.75) is 51.0 Å². The Balaban J connectivity index is 1.98. The molecule has 0 amide bonds. The number of anilines is 1. The summed E-state index contributed by atoms with van der Waals surface area (Å²) in [5.74, 6) is 0.917. The minimum atomic E-state index is 0.556. The van der Waals surface area contributed by atoms with Gasteiger partial charge in [-0.25, -0.2) is 4.98 Å². The van der Waals surface area contributed by atoms with Gasteiger partial charge in [-0.2, -0.15) is 0 Å². The van der Waals surface area contributed by atoms with E-state index in [4.69, 9.17) is 11.6 Å². The first-order valence-corrected chi connectivity index (χ1v) is 7.50. The minimum Gasteiger partial charge on any atom is -0.366 e. The van der Waals surface area contributed by atoms with Crippen molar-refractivity contribution < 1.29 is 0 Å². The Kier molecular flexibility index (Phi) is 5.11. The highest BCUT2D eigenvalue weighted by atomic mass is 79.9. The zero-order valence-electron chi connectivity index (χ0n) is 9.88. The predicted octanol–water partition coefficient (Wildman–Crippen LogP) is 5.02. The van der Waals surface area contributed by atoms with Crippen LogP contribution in [0.25, 0.3) is 0 Å². The van der Waals surface area contributed by atoms with Crippen molar-refractivity contribution in [3.63, 3.8) is 0 Å². The first kappa shape index (κ1) is 13.2. The van der Waals surface area contributed by atoms with Gasteiger partial charge in [0.25, 0.3) is 0 Å². The number of halogens is 2. The van der Waals surface area contributed by atoms with Crippen LogP contribution in [0.5, 0.6) is 0 Å². The fourth-order valence-electron chi connectivity index (χ4n) is 2.31. The van der Waals surface area contributed by atoms with Crippen LogP contribution in [0, 0.1) is 0 Å². The van der Waals surface area contributed by atoms with E-state index in [1.807, 2.05) is 6.07 Å². The topological polar surface area (TPSA) is 24.9 Å². The molecule has 94 valence electrons. The first-order chi connectivity index (χ1) is 8.25. The van der Waals surface area contributed by atoms with Crippen LogP contribution in [0.15, 0.2) is 16.7 Å². The Morgan fingerprint density at radius 2 is 1.82 bits per heavy atom. The SMILES string of the molecule is Clc1cnc(NC2CCCCCCC2)c(Br)c1. The maximum absolute atomic E-state index is 5.89. The summed E-state index contributed by atoms with van der Waals surface area (Å²) < 4.78 is 0.951. The molecule has 0 bridgehead atoms. The lowest BCUT2D eigenvalue weighted by molar-refractivity contribution is 0.470. The Labute approximate surface area is 116 Å². The normalized spacial score (nSPS) is 18.5. The molecule has 0 saturated heterocycles. The molecule has 4 heteroatoms. The van der Waals surface area contributed by atoms with Gasteiger partial charge in [-0.05, 0) is 34.8 Å². The van der Waals surface area contributed by atoms with Crippen molar-refractivity contribution >= 4 is 33.3 Å². The maximum Gasteiger partial charge on any atom is 0.140 e. The van der Waals surface area contributed by atoms with Gasteiger partial charge in [0.05, 0.1) is 9.50 Å². The van der Waals surface area contributed by atoms with Gasteiger partial charge in [-0.15, -0.1) is 0 Å². The Morgan fingerprint density at radius 1 is 1.18 bits per heavy atom. The Hall–Kier alpha value is -0.280. The lowest BCUT2D eigenvalue weighted by Gasteiger charge is -2.22. The summed E-state index contributed by atoms with van der Waals surface area (Å²) >= 11 is 9.39. The lowest BCUT2D eigenvalue weighted by Crippen LogP contribution is -2.21. The number of nitrogens with zero attached hydrogens (tertiary/aromatic N) is 1. The fourth-order valence-corrected chi connectivity index (χ4v) is 3.07. The molecule has 2 rings (SSSR count). The second-order valence-electron chi connectivity index (χ2n) is 4.67. The average Bonchev–Trinajstić information content (AvgIpc) is 2.25. The standard InChI is InChI=1S/C13H18BrClN2/c14-12-8-10(15)9-16-13(12)17-11-6-4-2-1-3-5-7-11/h8-9,11H,1-7H2,(H,16,17). The van der Waals surface area contributed by atoms with E-state index in [9.17, 15) is 0 Å². The van der Waals surface area contributed by atoms with Crippen LogP contribution < -0.4 is 5.32 Å². The second kappa shape index (κ2) is 6.60. The molecule has 0 aromatic carbocycles. The molecule has 0 radical (unpaired) electrons. The summed E-state index contributed by atoms with van der Waals surface area (Å²) in [7, 11) is 0. The molecule has 1 saturated carbocycles.